The zero-order valence-electron chi connectivity index (χ0n) is 10.3. The highest BCUT2D eigenvalue weighted by Crippen LogP contribution is 2.22. The van der Waals surface area contributed by atoms with Crippen LogP contribution < -0.4 is 10.3 Å². The van der Waals surface area contributed by atoms with E-state index < -0.39 is 0 Å². The van der Waals surface area contributed by atoms with Crippen molar-refractivity contribution in [2.45, 2.75) is 0 Å². The minimum Gasteiger partial charge on any atom is -0.497 e. The third-order valence-electron chi connectivity index (χ3n) is 2.86. The van der Waals surface area contributed by atoms with Crippen LogP contribution in [0.3, 0.4) is 0 Å². The van der Waals surface area contributed by atoms with Gasteiger partial charge in [-0.05, 0) is 36.4 Å². The van der Waals surface area contributed by atoms with Gasteiger partial charge < -0.3 is 9.15 Å². The number of aromatic nitrogens is 1. The Morgan fingerprint density at radius 2 is 1.79 bits per heavy atom. The van der Waals surface area contributed by atoms with Gasteiger partial charge in [0.25, 0.3) is 5.56 Å². The van der Waals surface area contributed by atoms with Crippen molar-refractivity contribution in [1.29, 1.82) is 0 Å². The summed E-state index contributed by atoms with van der Waals surface area (Å²) in [4.78, 5) is 15.9. The Morgan fingerprint density at radius 3 is 2.53 bits per heavy atom. The number of methoxy groups -OCH3 is 1. The number of hydrogen-bond acceptors (Lipinski definition) is 4. The quantitative estimate of drug-likeness (QED) is 0.704. The van der Waals surface area contributed by atoms with Crippen molar-refractivity contribution >= 4 is 11.0 Å². The van der Waals surface area contributed by atoms with Gasteiger partial charge in [-0.15, -0.1) is 0 Å². The first-order valence-corrected chi connectivity index (χ1v) is 5.82. The molecular formula is C15H11NO3. The van der Waals surface area contributed by atoms with Gasteiger partial charge in [0.05, 0.1) is 12.5 Å². The van der Waals surface area contributed by atoms with Crippen LogP contribution in [0.25, 0.3) is 22.4 Å². The van der Waals surface area contributed by atoms with Crippen molar-refractivity contribution in [2.75, 3.05) is 7.11 Å². The molecule has 0 saturated carbocycles. The van der Waals surface area contributed by atoms with Crippen LogP contribution >= 0.6 is 0 Å². The second-order valence-corrected chi connectivity index (χ2v) is 4.05. The Bertz CT molecular complexity index is 775. The molecule has 0 aliphatic heterocycles. The molecule has 0 bridgehead atoms. The molecule has 0 spiro atoms. The molecule has 0 aliphatic rings. The fourth-order valence-corrected chi connectivity index (χ4v) is 1.87. The van der Waals surface area contributed by atoms with Gasteiger partial charge in [-0.25, -0.2) is 0 Å². The van der Waals surface area contributed by atoms with Crippen LogP contribution in [0, 0.1) is 0 Å². The van der Waals surface area contributed by atoms with Crippen molar-refractivity contribution in [3.8, 4) is 17.2 Å². The lowest BCUT2D eigenvalue weighted by molar-refractivity contribution is 0.415. The molecule has 2 aromatic carbocycles. The van der Waals surface area contributed by atoms with E-state index in [4.69, 9.17) is 9.15 Å². The maximum atomic E-state index is 11.9. The van der Waals surface area contributed by atoms with Crippen LogP contribution in [0.15, 0.2) is 57.7 Å². The predicted molar refractivity (Wildman–Crippen MR) is 72.3 cm³/mol. The van der Waals surface area contributed by atoms with Crippen molar-refractivity contribution in [3.63, 3.8) is 0 Å². The third-order valence-corrected chi connectivity index (χ3v) is 2.86. The summed E-state index contributed by atoms with van der Waals surface area (Å²) in [6, 6.07) is 14.3. The monoisotopic (exact) mass is 253 g/mol. The molecular weight excluding hydrogens is 242 g/mol. The molecule has 94 valence electrons. The maximum Gasteiger partial charge on any atom is 0.284 e. The molecule has 1 heterocycles. The first-order valence-electron chi connectivity index (χ1n) is 5.82. The summed E-state index contributed by atoms with van der Waals surface area (Å²) in [5.41, 5.74) is 0.990. The normalized spacial score (nSPS) is 10.6. The molecule has 4 nitrogen and oxygen atoms in total. The Labute approximate surface area is 109 Å². The zero-order valence-corrected chi connectivity index (χ0v) is 10.3. The minimum absolute atomic E-state index is 0.285. The van der Waals surface area contributed by atoms with Crippen LogP contribution in [0.1, 0.15) is 0 Å². The number of nitrogens with zero attached hydrogens (tertiary/aromatic N) is 1. The van der Waals surface area contributed by atoms with E-state index in [-0.39, 0.29) is 5.56 Å². The summed E-state index contributed by atoms with van der Waals surface area (Å²) in [5.74, 6) is 1.05. The first kappa shape index (κ1) is 11.5. The molecule has 4 heteroatoms. The van der Waals surface area contributed by atoms with E-state index in [0.29, 0.717) is 16.9 Å². The molecule has 0 amide bonds. The van der Waals surface area contributed by atoms with Gasteiger partial charge in [0.15, 0.2) is 0 Å². The molecule has 19 heavy (non-hydrogen) atoms. The third kappa shape index (κ3) is 2.08. The standard InChI is InChI=1S/C15H11NO3/c1-18-11-8-6-10(7-9-11)15-16-14(17)12-4-2-3-5-13(12)19-15/h2-9H,1H3. The van der Waals surface area contributed by atoms with Crippen LogP contribution in [0.2, 0.25) is 0 Å². The van der Waals surface area contributed by atoms with E-state index in [1.807, 2.05) is 6.07 Å². The van der Waals surface area contributed by atoms with E-state index in [9.17, 15) is 4.79 Å². The van der Waals surface area contributed by atoms with Gasteiger partial charge in [-0.1, -0.05) is 12.1 Å². The fraction of sp³-hybridized carbons (Fsp3) is 0.0667. The topological polar surface area (TPSA) is 52.3 Å². The summed E-state index contributed by atoms with van der Waals surface area (Å²) in [6.07, 6.45) is 0. The summed E-state index contributed by atoms with van der Waals surface area (Å²) in [6.45, 7) is 0. The average Bonchev–Trinajstić information content (AvgIpc) is 2.47. The van der Waals surface area contributed by atoms with Crippen molar-refractivity contribution in [2.24, 2.45) is 0 Å². The molecule has 0 radical (unpaired) electrons. The highest BCUT2D eigenvalue weighted by molar-refractivity contribution is 5.76. The second kappa shape index (κ2) is 4.57. The number of ether oxygens (including phenoxy) is 1. The molecule has 0 saturated heterocycles. The van der Waals surface area contributed by atoms with Crippen LogP contribution in [-0.2, 0) is 0 Å². The molecule has 0 N–H and O–H groups in total. The Hall–Kier alpha value is -2.62. The van der Waals surface area contributed by atoms with Crippen molar-refractivity contribution in [3.05, 3.63) is 58.9 Å². The number of rotatable bonds is 2. The smallest absolute Gasteiger partial charge is 0.284 e. The first-order chi connectivity index (χ1) is 9.28. The molecule has 0 atom stereocenters. The SMILES string of the molecule is COc1ccc(-c2nc(=O)c3ccccc3o2)cc1. The van der Waals surface area contributed by atoms with Gasteiger partial charge in [0, 0.05) is 5.56 Å². The Balaban J connectivity index is 2.16. The second-order valence-electron chi connectivity index (χ2n) is 4.05. The number of hydrogen-bond donors (Lipinski definition) is 0. The minimum atomic E-state index is -0.285. The van der Waals surface area contributed by atoms with Gasteiger partial charge in [-0.3, -0.25) is 4.79 Å². The molecule has 0 unspecified atom stereocenters. The van der Waals surface area contributed by atoms with E-state index in [1.54, 1.807) is 49.6 Å². The predicted octanol–water partition coefficient (Wildman–Crippen LogP) is 2.86. The van der Waals surface area contributed by atoms with Gasteiger partial charge in [0.2, 0.25) is 5.89 Å². The summed E-state index contributed by atoms with van der Waals surface area (Å²) in [5, 5.41) is 0.486. The summed E-state index contributed by atoms with van der Waals surface area (Å²) < 4.78 is 10.7. The molecule has 0 aliphatic carbocycles. The van der Waals surface area contributed by atoms with Crippen LogP contribution in [-0.4, -0.2) is 12.1 Å². The fourth-order valence-electron chi connectivity index (χ4n) is 1.87. The Kier molecular flexibility index (Phi) is 2.76. The van der Waals surface area contributed by atoms with Gasteiger partial charge >= 0.3 is 0 Å². The maximum absolute atomic E-state index is 11.9. The largest absolute Gasteiger partial charge is 0.497 e. The Morgan fingerprint density at radius 1 is 1.05 bits per heavy atom. The summed E-state index contributed by atoms with van der Waals surface area (Å²) in [7, 11) is 1.60. The lowest BCUT2D eigenvalue weighted by Gasteiger charge is -2.03. The lowest BCUT2D eigenvalue weighted by atomic mass is 10.2. The van der Waals surface area contributed by atoms with Crippen molar-refractivity contribution < 1.29 is 9.15 Å². The lowest BCUT2D eigenvalue weighted by Crippen LogP contribution is -2.06. The number of fused-ring (bicyclic) bond motifs is 1. The molecule has 1 aromatic heterocycles. The average molecular weight is 253 g/mol. The van der Waals surface area contributed by atoms with Gasteiger partial charge in [0.1, 0.15) is 11.3 Å². The summed E-state index contributed by atoms with van der Waals surface area (Å²) >= 11 is 0. The molecule has 3 rings (SSSR count). The van der Waals surface area contributed by atoms with E-state index >= 15 is 0 Å². The number of para-hydroxylation sites is 1. The van der Waals surface area contributed by atoms with Crippen molar-refractivity contribution in [1.82, 2.24) is 4.98 Å². The van der Waals surface area contributed by atoms with Crippen LogP contribution in [0.5, 0.6) is 5.75 Å². The van der Waals surface area contributed by atoms with E-state index in [1.165, 1.54) is 0 Å². The zero-order chi connectivity index (χ0) is 13.2. The van der Waals surface area contributed by atoms with Gasteiger partial charge in [-0.2, -0.15) is 4.98 Å². The molecule has 0 fully saturated rings. The molecule has 3 aromatic rings. The highest BCUT2D eigenvalue weighted by Gasteiger charge is 2.07. The van der Waals surface area contributed by atoms with E-state index in [2.05, 4.69) is 4.98 Å². The van der Waals surface area contributed by atoms with E-state index in [0.717, 1.165) is 11.3 Å². The number of benzene rings is 2. The highest BCUT2D eigenvalue weighted by atomic mass is 16.5. The van der Waals surface area contributed by atoms with Crippen LogP contribution in [0.4, 0.5) is 0 Å².